The van der Waals surface area contributed by atoms with Crippen molar-refractivity contribution in [1.82, 2.24) is 5.32 Å². The Kier molecular flexibility index (Phi) is 4.91. The number of nitrogens with one attached hydrogen (secondary N) is 1. The maximum absolute atomic E-state index is 6.19. The van der Waals surface area contributed by atoms with Gasteiger partial charge in [0.25, 0.3) is 0 Å². The van der Waals surface area contributed by atoms with Crippen molar-refractivity contribution in [2.75, 3.05) is 19.7 Å². The summed E-state index contributed by atoms with van der Waals surface area (Å²) in [5, 5.41) is 3.85. The van der Waals surface area contributed by atoms with Gasteiger partial charge in [0.05, 0.1) is 5.60 Å². The van der Waals surface area contributed by atoms with Gasteiger partial charge in [0, 0.05) is 25.2 Å². The highest BCUT2D eigenvalue weighted by Gasteiger charge is 2.42. The maximum Gasteiger partial charge on any atom is 0.0779 e. The fourth-order valence-corrected chi connectivity index (χ4v) is 4.12. The zero-order valence-corrected chi connectivity index (χ0v) is 13.0. The van der Waals surface area contributed by atoms with Crippen LogP contribution in [0, 0.1) is 11.8 Å². The third-order valence-electron chi connectivity index (χ3n) is 5.38. The van der Waals surface area contributed by atoms with Crippen LogP contribution < -0.4 is 11.1 Å². The third-order valence-corrected chi connectivity index (χ3v) is 5.38. The second-order valence-corrected chi connectivity index (χ2v) is 7.21. The lowest BCUT2D eigenvalue weighted by Gasteiger charge is -2.47. The van der Waals surface area contributed by atoms with Crippen LogP contribution in [0.2, 0.25) is 0 Å². The van der Waals surface area contributed by atoms with Gasteiger partial charge in [-0.3, -0.25) is 0 Å². The number of hydrogen-bond donors (Lipinski definition) is 2. The molecule has 0 aromatic rings. The molecule has 0 bridgehead atoms. The molecule has 0 spiro atoms. The summed E-state index contributed by atoms with van der Waals surface area (Å²) < 4.78 is 5.91. The van der Waals surface area contributed by atoms with Crippen molar-refractivity contribution >= 4 is 0 Å². The number of rotatable bonds is 5. The molecule has 1 heterocycles. The van der Waals surface area contributed by atoms with Crippen LogP contribution in [0.4, 0.5) is 0 Å². The van der Waals surface area contributed by atoms with E-state index in [1.165, 1.54) is 38.5 Å². The molecule has 1 aliphatic heterocycles. The van der Waals surface area contributed by atoms with Gasteiger partial charge in [-0.1, -0.05) is 26.7 Å². The summed E-state index contributed by atoms with van der Waals surface area (Å²) in [7, 11) is 0. The minimum Gasteiger partial charge on any atom is -0.374 e. The summed E-state index contributed by atoms with van der Waals surface area (Å²) in [5.74, 6) is 1.41. The van der Waals surface area contributed by atoms with Crippen LogP contribution in [0.5, 0.6) is 0 Å². The summed E-state index contributed by atoms with van der Waals surface area (Å²) in [6, 6.07) is 0. The van der Waals surface area contributed by atoms with Gasteiger partial charge in [-0.2, -0.15) is 0 Å². The molecule has 19 heavy (non-hydrogen) atoms. The van der Waals surface area contributed by atoms with Crippen LogP contribution in [0.1, 0.15) is 59.3 Å². The maximum atomic E-state index is 6.19. The van der Waals surface area contributed by atoms with Crippen molar-refractivity contribution < 1.29 is 4.74 Å². The topological polar surface area (TPSA) is 47.3 Å². The van der Waals surface area contributed by atoms with Crippen LogP contribution in [0.3, 0.4) is 0 Å². The SMILES string of the molecule is CC(C)C1CCCCC1(CN)NCC1(C)CCCO1. The minimum atomic E-state index is 0.0289. The molecule has 2 fully saturated rings. The first kappa shape index (κ1) is 15.3. The predicted octanol–water partition coefficient (Wildman–Crippen LogP) is 2.69. The highest BCUT2D eigenvalue weighted by molar-refractivity contribution is 5.01. The van der Waals surface area contributed by atoms with E-state index in [1.54, 1.807) is 0 Å². The standard InChI is InChI=1S/C16H32N2O/c1-13(2)14-7-4-5-9-16(14,11-17)18-12-15(3)8-6-10-19-15/h13-14,18H,4-12,17H2,1-3H3. The van der Waals surface area contributed by atoms with Gasteiger partial charge in [-0.25, -0.2) is 0 Å². The Balaban J connectivity index is 2.03. The number of nitrogens with two attached hydrogens (primary N) is 1. The largest absolute Gasteiger partial charge is 0.374 e. The molecule has 2 aliphatic rings. The van der Waals surface area contributed by atoms with Gasteiger partial charge in [0.15, 0.2) is 0 Å². The van der Waals surface area contributed by atoms with E-state index in [2.05, 4.69) is 26.1 Å². The summed E-state index contributed by atoms with van der Waals surface area (Å²) in [6.07, 6.45) is 7.58. The van der Waals surface area contributed by atoms with Crippen LogP contribution in [0.15, 0.2) is 0 Å². The molecule has 3 atom stereocenters. The lowest BCUT2D eigenvalue weighted by Crippen LogP contribution is -2.61. The molecule has 2 rings (SSSR count). The molecule has 3 unspecified atom stereocenters. The zero-order chi connectivity index (χ0) is 13.9. The highest BCUT2D eigenvalue weighted by atomic mass is 16.5. The number of ether oxygens (including phenoxy) is 1. The second-order valence-electron chi connectivity index (χ2n) is 7.21. The van der Waals surface area contributed by atoms with E-state index in [4.69, 9.17) is 10.5 Å². The Morgan fingerprint density at radius 2 is 2.05 bits per heavy atom. The van der Waals surface area contributed by atoms with E-state index in [9.17, 15) is 0 Å². The monoisotopic (exact) mass is 268 g/mol. The summed E-state index contributed by atoms with van der Waals surface area (Å²) in [6.45, 7) is 9.55. The molecule has 1 saturated carbocycles. The summed E-state index contributed by atoms with van der Waals surface area (Å²) >= 11 is 0. The lowest BCUT2D eigenvalue weighted by molar-refractivity contribution is 0.00269. The van der Waals surface area contributed by atoms with Gasteiger partial charge < -0.3 is 15.8 Å². The van der Waals surface area contributed by atoms with Crippen molar-refractivity contribution in [3.8, 4) is 0 Å². The van der Waals surface area contributed by atoms with Gasteiger partial charge in [0.1, 0.15) is 0 Å². The van der Waals surface area contributed by atoms with Gasteiger partial charge >= 0.3 is 0 Å². The van der Waals surface area contributed by atoms with E-state index in [1.807, 2.05) is 0 Å². The van der Waals surface area contributed by atoms with Crippen molar-refractivity contribution in [3.05, 3.63) is 0 Å². The third kappa shape index (κ3) is 3.32. The molecule has 3 N–H and O–H groups in total. The molecule has 0 aromatic heterocycles. The smallest absolute Gasteiger partial charge is 0.0779 e. The Morgan fingerprint density at radius 3 is 2.63 bits per heavy atom. The van der Waals surface area contributed by atoms with Crippen molar-refractivity contribution in [2.45, 2.75) is 70.4 Å². The van der Waals surface area contributed by atoms with E-state index in [-0.39, 0.29) is 11.1 Å². The average Bonchev–Trinajstić information content (AvgIpc) is 2.84. The normalized spacial score (nSPS) is 39.9. The van der Waals surface area contributed by atoms with Crippen molar-refractivity contribution in [2.24, 2.45) is 17.6 Å². The first-order valence-electron chi connectivity index (χ1n) is 8.10. The molecule has 112 valence electrons. The van der Waals surface area contributed by atoms with E-state index in [0.29, 0.717) is 11.8 Å². The van der Waals surface area contributed by atoms with Crippen LogP contribution in [0.25, 0.3) is 0 Å². The molecule has 3 heteroatoms. The Hall–Kier alpha value is -0.120. The van der Waals surface area contributed by atoms with E-state index < -0.39 is 0 Å². The van der Waals surface area contributed by atoms with Crippen LogP contribution in [-0.2, 0) is 4.74 Å². The fraction of sp³-hybridized carbons (Fsp3) is 1.00. The van der Waals surface area contributed by atoms with Crippen molar-refractivity contribution in [1.29, 1.82) is 0 Å². The molecule has 3 nitrogen and oxygen atoms in total. The molecule has 0 aromatic carbocycles. The average molecular weight is 268 g/mol. The van der Waals surface area contributed by atoms with Crippen LogP contribution >= 0.6 is 0 Å². The molecule has 0 amide bonds. The Bertz CT molecular complexity index is 286. The first-order valence-corrected chi connectivity index (χ1v) is 8.10. The number of hydrogen-bond acceptors (Lipinski definition) is 3. The quantitative estimate of drug-likeness (QED) is 0.806. The highest BCUT2D eigenvalue weighted by Crippen LogP contribution is 2.38. The van der Waals surface area contributed by atoms with Gasteiger partial charge in [0.2, 0.25) is 0 Å². The fourth-order valence-electron chi connectivity index (χ4n) is 4.12. The molecular formula is C16H32N2O. The summed E-state index contributed by atoms with van der Waals surface area (Å²) in [5.41, 5.74) is 6.36. The van der Waals surface area contributed by atoms with E-state index in [0.717, 1.165) is 19.7 Å². The molecule has 1 saturated heterocycles. The Morgan fingerprint density at radius 1 is 1.26 bits per heavy atom. The second kappa shape index (κ2) is 6.11. The lowest BCUT2D eigenvalue weighted by atomic mass is 9.67. The molecular weight excluding hydrogens is 236 g/mol. The zero-order valence-electron chi connectivity index (χ0n) is 13.0. The van der Waals surface area contributed by atoms with Gasteiger partial charge in [-0.15, -0.1) is 0 Å². The van der Waals surface area contributed by atoms with Crippen LogP contribution in [-0.4, -0.2) is 30.8 Å². The molecule has 0 radical (unpaired) electrons. The first-order chi connectivity index (χ1) is 9.01. The predicted molar refractivity (Wildman–Crippen MR) is 80.2 cm³/mol. The minimum absolute atomic E-state index is 0.0289. The summed E-state index contributed by atoms with van der Waals surface area (Å²) in [4.78, 5) is 0. The van der Waals surface area contributed by atoms with Crippen molar-refractivity contribution in [3.63, 3.8) is 0 Å². The van der Waals surface area contributed by atoms with E-state index >= 15 is 0 Å². The Labute approximate surface area is 118 Å². The van der Waals surface area contributed by atoms with Gasteiger partial charge in [-0.05, 0) is 44.4 Å². The molecule has 1 aliphatic carbocycles.